The normalized spacial score (nSPS) is 10.3. The van der Waals surface area contributed by atoms with E-state index in [4.69, 9.17) is 14.0 Å². The van der Waals surface area contributed by atoms with Gasteiger partial charge in [0, 0.05) is 12.5 Å². The molecule has 106 valence electrons. The van der Waals surface area contributed by atoms with E-state index < -0.39 is 0 Å². The van der Waals surface area contributed by atoms with Crippen LogP contribution in [0.1, 0.15) is 29.0 Å². The van der Waals surface area contributed by atoms with E-state index in [1.165, 1.54) is 0 Å². The van der Waals surface area contributed by atoms with E-state index >= 15 is 0 Å². The summed E-state index contributed by atoms with van der Waals surface area (Å²) in [6.07, 6.45) is 0.750. The molecule has 0 bridgehead atoms. The molecule has 6 nitrogen and oxygen atoms in total. The molecule has 20 heavy (non-hydrogen) atoms. The van der Waals surface area contributed by atoms with Crippen LogP contribution in [0.25, 0.3) is 0 Å². The second-order valence-corrected chi connectivity index (χ2v) is 4.75. The van der Waals surface area contributed by atoms with E-state index in [0.717, 1.165) is 6.29 Å². The number of aromatic nitrogens is 2. The highest BCUT2D eigenvalue weighted by Crippen LogP contribution is 2.37. The van der Waals surface area contributed by atoms with Gasteiger partial charge in [-0.2, -0.15) is 4.98 Å². The van der Waals surface area contributed by atoms with Gasteiger partial charge in [-0.05, 0) is 35.0 Å². The SMILES string of the molecule is CCOc1cc(C=O)cc(Br)c1OCc1noc(C)n1. The minimum absolute atomic E-state index is 0.149. The fourth-order valence-electron chi connectivity index (χ4n) is 1.60. The van der Waals surface area contributed by atoms with Gasteiger partial charge in [0.05, 0.1) is 11.1 Å². The number of hydrogen-bond acceptors (Lipinski definition) is 6. The lowest BCUT2D eigenvalue weighted by Crippen LogP contribution is -2.02. The van der Waals surface area contributed by atoms with Crippen molar-refractivity contribution >= 4 is 22.2 Å². The Morgan fingerprint density at radius 3 is 2.80 bits per heavy atom. The van der Waals surface area contributed by atoms with Crippen molar-refractivity contribution in [3.63, 3.8) is 0 Å². The smallest absolute Gasteiger partial charge is 0.223 e. The second kappa shape index (κ2) is 6.51. The molecule has 0 aliphatic heterocycles. The van der Waals surface area contributed by atoms with Gasteiger partial charge in [-0.15, -0.1) is 0 Å². The van der Waals surface area contributed by atoms with Crippen LogP contribution >= 0.6 is 15.9 Å². The average molecular weight is 341 g/mol. The molecule has 1 heterocycles. The Morgan fingerprint density at radius 1 is 1.40 bits per heavy atom. The predicted octanol–water partition coefficient (Wildman–Crippen LogP) is 2.93. The minimum atomic E-state index is 0.149. The summed E-state index contributed by atoms with van der Waals surface area (Å²) in [4.78, 5) is 14.9. The lowest BCUT2D eigenvalue weighted by atomic mass is 10.2. The number of aldehydes is 1. The number of carbonyl (C=O) groups excluding carboxylic acids is 1. The zero-order valence-corrected chi connectivity index (χ0v) is 12.6. The van der Waals surface area contributed by atoms with Crippen LogP contribution in [-0.2, 0) is 6.61 Å². The molecule has 0 aliphatic carbocycles. The van der Waals surface area contributed by atoms with Crippen LogP contribution in [0.15, 0.2) is 21.1 Å². The van der Waals surface area contributed by atoms with Crippen molar-refractivity contribution in [2.45, 2.75) is 20.5 Å². The van der Waals surface area contributed by atoms with Gasteiger partial charge in [0.2, 0.25) is 11.7 Å². The molecule has 0 atom stereocenters. The molecular weight excluding hydrogens is 328 g/mol. The molecule has 0 unspecified atom stereocenters. The highest BCUT2D eigenvalue weighted by atomic mass is 79.9. The number of halogens is 1. The molecule has 1 aromatic carbocycles. The zero-order chi connectivity index (χ0) is 14.5. The Bertz CT molecular complexity index is 612. The van der Waals surface area contributed by atoms with Gasteiger partial charge in [0.25, 0.3) is 0 Å². The third-order valence-corrected chi connectivity index (χ3v) is 2.97. The third kappa shape index (κ3) is 3.36. The van der Waals surface area contributed by atoms with Crippen LogP contribution in [0.4, 0.5) is 0 Å². The van der Waals surface area contributed by atoms with Crippen LogP contribution in [0.2, 0.25) is 0 Å². The maximum absolute atomic E-state index is 10.9. The van der Waals surface area contributed by atoms with E-state index in [-0.39, 0.29) is 6.61 Å². The lowest BCUT2D eigenvalue weighted by Gasteiger charge is -2.13. The van der Waals surface area contributed by atoms with Crippen molar-refractivity contribution in [1.82, 2.24) is 10.1 Å². The number of benzene rings is 1. The zero-order valence-electron chi connectivity index (χ0n) is 11.1. The summed E-state index contributed by atoms with van der Waals surface area (Å²) in [6.45, 7) is 4.17. The molecule has 0 aliphatic rings. The van der Waals surface area contributed by atoms with E-state index in [1.807, 2.05) is 6.92 Å². The van der Waals surface area contributed by atoms with Crippen molar-refractivity contribution in [3.8, 4) is 11.5 Å². The summed E-state index contributed by atoms with van der Waals surface area (Å²) in [6, 6.07) is 3.28. The number of rotatable bonds is 6. The molecule has 0 amide bonds. The van der Waals surface area contributed by atoms with Crippen LogP contribution in [0, 0.1) is 6.92 Å². The maximum Gasteiger partial charge on any atom is 0.223 e. The Labute approximate surface area is 124 Å². The first-order valence-corrected chi connectivity index (χ1v) is 6.76. The molecule has 0 fully saturated rings. The standard InChI is InChI=1S/C13H13BrN2O4/c1-3-18-11-5-9(6-17)4-10(14)13(11)19-7-12-15-8(2)20-16-12/h4-6H,3,7H2,1-2H3. The van der Waals surface area contributed by atoms with Crippen molar-refractivity contribution in [2.75, 3.05) is 6.61 Å². The summed E-state index contributed by atoms with van der Waals surface area (Å²) in [5.74, 6) is 1.91. The summed E-state index contributed by atoms with van der Waals surface area (Å²) < 4.78 is 16.6. The summed E-state index contributed by atoms with van der Waals surface area (Å²) >= 11 is 3.36. The monoisotopic (exact) mass is 340 g/mol. The molecule has 0 saturated carbocycles. The van der Waals surface area contributed by atoms with E-state index in [9.17, 15) is 4.79 Å². The lowest BCUT2D eigenvalue weighted by molar-refractivity contribution is 0.112. The minimum Gasteiger partial charge on any atom is -0.490 e. The average Bonchev–Trinajstić information content (AvgIpc) is 2.83. The highest BCUT2D eigenvalue weighted by molar-refractivity contribution is 9.10. The van der Waals surface area contributed by atoms with Crippen LogP contribution < -0.4 is 9.47 Å². The number of nitrogens with zero attached hydrogens (tertiary/aromatic N) is 2. The molecule has 0 radical (unpaired) electrons. The number of hydrogen-bond donors (Lipinski definition) is 0. The first-order valence-electron chi connectivity index (χ1n) is 5.97. The van der Waals surface area contributed by atoms with Crippen LogP contribution in [-0.4, -0.2) is 23.0 Å². The van der Waals surface area contributed by atoms with E-state index in [2.05, 4.69) is 26.1 Å². The topological polar surface area (TPSA) is 74.5 Å². The summed E-state index contributed by atoms with van der Waals surface area (Å²) in [7, 11) is 0. The molecule has 0 N–H and O–H groups in total. The molecule has 2 rings (SSSR count). The molecular formula is C13H13BrN2O4. The van der Waals surface area contributed by atoms with E-state index in [0.29, 0.717) is 39.9 Å². The summed E-state index contributed by atoms with van der Waals surface area (Å²) in [5.41, 5.74) is 0.503. The number of aryl methyl sites for hydroxylation is 1. The number of carbonyl (C=O) groups is 1. The van der Waals surface area contributed by atoms with Crippen molar-refractivity contribution < 1.29 is 18.8 Å². The largest absolute Gasteiger partial charge is 0.490 e. The molecule has 0 spiro atoms. The highest BCUT2D eigenvalue weighted by Gasteiger charge is 2.13. The van der Waals surface area contributed by atoms with Gasteiger partial charge in [-0.25, -0.2) is 0 Å². The predicted molar refractivity (Wildman–Crippen MR) is 74.1 cm³/mol. The van der Waals surface area contributed by atoms with Crippen molar-refractivity contribution in [3.05, 3.63) is 33.9 Å². The first kappa shape index (κ1) is 14.5. The van der Waals surface area contributed by atoms with Gasteiger partial charge < -0.3 is 14.0 Å². The van der Waals surface area contributed by atoms with E-state index in [1.54, 1.807) is 19.1 Å². The fraction of sp³-hybridized carbons (Fsp3) is 0.308. The van der Waals surface area contributed by atoms with Gasteiger partial charge in [0.15, 0.2) is 18.1 Å². The molecule has 2 aromatic rings. The first-order chi connectivity index (χ1) is 9.63. The summed E-state index contributed by atoms with van der Waals surface area (Å²) in [5, 5.41) is 3.75. The third-order valence-electron chi connectivity index (χ3n) is 2.38. The van der Waals surface area contributed by atoms with Crippen LogP contribution in [0.3, 0.4) is 0 Å². The quantitative estimate of drug-likeness (QED) is 0.752. The Morgan fingerprint density at radius 2 is 2.20 bits per heavy atom. The van der Waals surface area contributed by atoms with Gasteiger partial charge >= 0.3 is 0 Å². The number of ether oxygens (including phenoxy) is 2. The van der Waals surface area contributed by atoms with Gasteiger partial charge in [-0.1, -0.05) is 5.16 Å². The van der Waals surface area contributed by atoms with Gasteiger partial charge in [-0.3, -0.25) is 4.79 Å². The molecule has 0 saturated heterocycles. The van der Waals surface area contributed by atoms with Crippen LogP contribution in [0.5, 0.6) is 11.5 Å². The second-order valence-electron chi connectivity index (χ2n) is 3.90. The molecule has 1 aromatic heterocycles. The maximum atomic E-state index is 10.9. The Hall–Kier alpha value is -1.89. The fourth-order valence-corrected chi connectivity index (χ4v) is 2.17. The Kier molecular flexibility index (Phi) is 4.73. The Balaban J connectivity index is 2.22. The van der Waals surface area contributed by atoms with Crippen molar-refractivity contribution in [1.29, 1.82) is 0 Å². The van der Waals surface area contributed by atoms with Crippen molar-refractivity contribution in [2.24, 2.45) is 0 Å². The molecule has 7 heteroatoms. The van der Waals surface area contributed by atoms with Gasteiger partial charge in [0.1, 0.15) is 6.29 Å².